The maximum Gasteiger partial charge on any atom is 0.208 e. The summed E-state index contributed by atoms with van der Waals surface area (Å²) < 4.78 is 25.3. The molecule has 8 atom stereocenters. The Balaban J connectivity index is 1.46. The summed E-state index contributed by atoms with van der Waals surface area (Å²) in [5, 5.41) is 0. The van der Waals surface area contributed by atoms with E-state index in [4.69, 9.17) is 0 Å². The zero-order valence-electron chi connectivity index (χ0n) is 19.8. The second-order valence-electron chi connectivity index (χ2n) is 11.9. The number of fused-ring (bicyclic) bond motifs is 5. The molecule has 0 aromatic rings. The summed E-state index contributed by atoms with van der Waals surface area (Å²) in [7, 11) is -3.12. The highest BCUT2D eigenvalue weighted by Crippen LogP contribution is 2.67. The maximum absolute atomic E-state index is 13.4. The van der Waals surface area contributed by atoms with E-state index in [1.165, 1.54) is 19.1 Å². The lowest BCUT2D eigenvalue weighted by Gasteiger charge is -2.59. The van der Waals surface area contributed by atoms with Crippen LogP contribution in [0.2, 0.25) is 0 Å². The molecule has 0 aromatic heterocycles. The normalized spacial score (nSPS) is 43.8. The van der Waals surface area contributed by atoms with Gasteiger partial charge >= 0.3 is 0 Å². The van der Waals surface area contributed by atoms with Crippen LogP contribution in [0.5, 0.6) is 0 Å². The van der Waals surface area contributed by atoms with Gasteiger partial charge in [-0.2, -0.15) is 0 Å². The second kappa shape index (κ2) is 8.23. The van der Waals surface area contributed by atoms with Crippen molar-refractivity contribution in [3.63, 3.8) is 0 Å². The zero-order chi connectivity index (χ0) is 22.6. The minimum atomic E-state index is -3.12. The van der Waals surface area contributed by atoms with E-state index in [1.54, 1.807) is 0 Å². The number of ketones is 2. The lowest BCUT2D eigenvalue weighted by Crippen LogP contribution is -2.57. The van der Waals surface area contributed by atoms with Crippen molar-refractivity contribution in [1.82, 2.24) is 4.72 Å². The molecule has 0 saturated heterocycles. The molecule has 0 heterocycles. The number of hydrogen-bond donors (Lipinski definition) is 1. The van der Waals surface area contributed by atoms with Crippen molar-refractivity contribution in [3.8, 4) is 0 Å². The lowest BCUT2D eigenvalue weighted by molar-refractivity contribution is -0.159. The van der Waals surface area contributed by atoms with Crippen LogP contribution in [0.3, 0.4) is 0 Å². The molecule has 0 unspecified atom stereocenters. The number of carbonyl (C=O) groups is 2. The summed E-state index contributed by atoms with van der Waals surface area (Å²) in [6.07, 6.45) is 10.7. The highest BCUT2D eigenvalue weighted by Gasteiger charge is 2.62. The summed E-state index contributed by atoms with van der Waals surface area (Å²) in [6, 6.07) is 0. The first-order valence-electron chi connectivity index (χ1n) is 12.4. The Hall–Kier alpha value is -0.750. The summed E-state index contributed by atoms with van der Waals surface area (Å²) in [6.45, 7) is 7.68. The van der Waals surface area contributed by atoms with Crippen LogP contribution in [0.15, 0.2) is 0 Å². The molecule has 5 nitrogen and oxygen atoms in total. The molecule has 0 radical (unpaired) electrons. The van der Waals surface area contributed by atoms with Gasteiger partial charge in [-0.25, -0.2) is 13.1 Å². The topological polar surface area (TPSA) is 80.3 Å². The molecule has 0 bridgehead atoms. The van der Waals surface area contributed by atoms with E-state index in [1.807, 2.05) is 0 Å². The molecule has 4 fully saturated rings. The summed E-state index contributed by atoms with van der Waals surface area (Å²) in [5.74, 6) is 3.36. The largest absolute Gasteiger partial charge is 0.300 e. The third-order valence-electron chi connectivity index (χ3n) is 10.2. The minimum Gasteiger partial charge on any atom is -0.300 e. The van der Waals surface area contributed by atoms with Crippen molar-refractivity contribution in [1.29, 1.82) is 0 Å². The first-order chi connectivity index (χ1) is 14.5. The fraction of sp³-hybridized carbons (Fsp3) is 0.920. The van der Waals surface area contributed by atoms with E-state index >= 15 is 0 Å². The van der Waals surface area contributed by atoms with Gasteiger partial charge in [-0.05, 0) is 85.4 Å². The van der Waals surface area contributed by atoms with E-state index in [2.05, 4.69) is 25.5 Å². The van der Waals surface area contributed by atoms with Crippen molar-refractivity contribution >= 4 is 21.6 Å². The van der Waals surface area contributed by atoms with Gasteiger partial charge in [-0.15, -0.1) is 0 Å². The van der Waals surface area contributed by atoms with Gasteiger partial charge in [-0.1, -0.05) is 20.8 Å². The third kappa shape index (κ3) is 4.16. The van der Waals surface area contributed by atoms with Gasteiger partial charge < -0.3 is 0 Å². The van der Waals surface area contributed by atoms with Crippen molar-refractivity contribution in [2.45, 2.75) is 85.0 Å². The molecule has 1 N–H and O–H groups in total. The molecule has 4 aliphatic carbocycles. The van der Waals surface area contributed by atoms with E-state index in [-0.39, 0.29) is 22.7 Å². The average Bonchev–Trinajstić information content (AvgIpc) is 3.03. The highest BCUT2D eigenvalue weighted by molar-refractivity contribution is 7.88. The molecule has 0 amide bonds. The van der Waals surface area contributed by atoms with E-state index in [0.717, 1.165) is 32.1 Å². The van der Waals surface area contributed by atoms with E-state index < -0.39 is 10.0 Å². The third-order valence-corrected chi connectivity index (χ3v) is 11.0. The van der Waals surface area contributed by atoms with E-state index in [0.29, 0.717) is 61.0 Å². The molecular weight excluding hydrogens is 410 g/mol. The number of hydrogen-bond acceptors (Lipinski definition) is 4. The molecule has 0 aliphatic heterocycles. The first-order valence-corrected chi connectivity index (χ1v) is 14.3. The fourth-order valence-corrected chi connectivity index (χ4v) is 9.10. The quantitative estimate of drug-likeness (QED) is 0.609. The van der Waals surface area contributed by atoms with Crippen molar-refractivity contribution in [2.24, 2.45) is 46.3 Å². The summed E-state index contributed by atoms with van der Waals surface area (Å²) >= 11 is 0. The SMILES string of the molecule is C[C@H](CCCNS(C)(=O)=O)[C@H]1CC[C@H]2[C@@H]3C(=O)C[C@@H]4CC(=O)CC[C@]4(C)[C@H]3CC[C@]12C. The molecule has 31 heavy (non-hydrogen) atoms. The Morgan fingerprint density at radius 2 is 1.74 bits per heavy atom. The number of sulfonamides is 1. The Bertz CT molecular complexity index is 838. The molecule has 4 saturated carbocycles. The van der Waals surface area contributed by atoms with Crippen LogP contribution in [0.1, 0.15) is 85.0 Å². The highest BCUT2D eigenvalue weighted by atomic mass is 32.2. The molecule has 4 rings (SSSR count). The Labute approximate surface area is 188 Å². The first kappa shape index (κ1) is 23.4. The van der Waals surface area contributed by atoms with Crippen molar-refractivity contribution in [3.05, 3.63) is 0 Å². The summed E-state index contributed by atoms with van der Waals surface area (Å²) in [4.78, 5) is 25.5. The van der Waals surface area contributed by atoms with Crippen LogP contribution >= 0.6 is 0 Å². The van der Waals surface area contributed by atoms with Gasteiger partial charge in [0.2, 0.25) is 10.0 Å². The summed E-state index contributed by atoms with van der Waals surface area (Å²) in [5.41, 5.74) is 0.378. The van der Waals surface area contributed by atoms with Gasteiger partial charge in [0.25, 0.3) is 0 Å². The molecule has 0 spiro atoms. The smallest absolute Gasteiger partial charge is 0.208 e. The Morgan fingerprint density at radius 3 is 2.45 bits per heavy atom. The number of Topliss-reactive ketones (excluding diaryl/α,β-unsaturated/α-hetero) is 2. The zero-order valence-corrected chi connectivity index (χ0v) is 20.6. The van der Waals surface area contributed by atoms with Crippen LogP contribution in [-0.4, -0.2) is 32.8 Å². The van der Waals surface area contributed by atoms with Gasteiger partial charge in [0.15, 0.2) is 0 Å². The number of carbonyl (C=O) groups excluding carboxylic acids is 2. The molecule has 0 aromatic carbocycles. The minimum absolute atomic E-state index is 0.162. The fourth-order valence-electron chi connectivity index (χ4n) is 8.58. The van der Waals surface area contributed by atoms with Gasteiger partial charge in [0.1, 0.15) is 11.6 Å². The molecule has 176 valence electrons. The lowest BCUT2D eigenvalue weighted by atomic mass is 9.44. The van der Waals surface area contributed by atoms with Crippen LogP contribution in [0.4, 0.5) is 0 Å². The van der Waals surface area contributed by atoms with Gasteiger partial charge in [0.05, 0.1) is 6.26 Å². The number of nitrogens with one attached hydrogen (secondary N) is 1. The van der Waals surface area contributed by atoms with E-state index in [9.17, 15) is 18.0 Å². The number of rotatable bonds is 6. The second-order valence-corrected chi connectivity index (χ2v) is 13.7. The Morgan fingerprint density at radius 1 is 1.03 bits per heavy atom. The predicted octanol–water partition coefficient (Wildman–Crippen LogP) is 4.36. The predicted molar refractivity (Wildman–Crippen MR) is 122 cm³/mol. The maximum atomic E-state index is 13.4. The molecule has 4 aliphatic rings. The van der Waals surface area contributed by atoms with Crippen LogP contribution in [-0.2, 0) is 19.6 Å². The molecule has 6 heteroatoms. The van der Waals surface area contributed by atoms with Crippen LogP contribution in [0, 0.1) is 46.3 Å². The monoisotopic (exact) mass is 451 g/mol. The van der Waals surface area contributed by atoms with Gasteiger partial charge in [0, 0.05) is 31.7 Å². The molecular formula is C25H41NO4S. The Kier molecular flexibility index (Phi) is 6.22. The average molecular weight is 452 g/mol. The van der Waals surface area contributed by atoms with Crippen LogP contribution < -0.4 is 4.72 Å². The van der Waals surface area contributed by atoms with Crippen LogP contribution in [0.25, 0.3) is 0 Å². The van der Waals surface area contributed by atoms with Crippen molar-refractivity contribution < 1.29 is 18.0 Å². The van der Waals surface area contributed by atoms with Gasteiger partial charge in [-0.3, -0.25) is 9.59 Å². The standard InChI is InChI=1S/C25H41NO4S/c1-16(6-5-13-26-31(4,29)30)19-7-8-20-23-21(10-12-25(19,20)3)24(2)11-9-18(27)14-17(24)15-22(23)28/h16-17,19-21,23,26H,5-15H2,1-4H3/t16-,17+,19-,20+,21+,23+,24+,25-/m1/s1. The van der Waals surface area contributed by atoms with Crippen molar-refractivity contribution in [2.75, 3.05) is 12.8 Å².